The van der Waals surface area contributed by atoms with Gasteiger partial charge in [0.2, 0.25) is 11.7 Å². The summed E-state index contributed by atoms with van der Waals surface area (Å²) in [7, 11) is 0. The average molecular weight is 380 g/mol. The van der Waals surface area contributed by atoms with Crippen LogP contribution in [0.25, 0.3) is 21.6 Å². The lowest BCUT2D eigenvalue weighted by molar-refractivity contribution is 0.0948. The van der Waals surface area contributed by atoms with Crippen LogP contribution in [0.3, 0.4) is 0 Å². The number of carbonyl (C=O) groups is 1. The molecule has 27 heavy (non-hydrogen) atoms. The van der Waals surface area contributed by atoms with E-state index in [1.807, 2.05) is 47.8 Å². The summed E-state index contributed by atoms with van der Waals surface area (Å²) in [4.78, 5) is 20.8. The highest BCUT2D eigenvalue weighted by molar-refractivity contribution is 7.13. The Morgan fingerprint density at radius 1 is 1.15 bits per heavy atom. The van der Waals surface area contributed by atoms with E-state index >= 15 is 0 Å². The van der Waals surface area contributed by atoms with Gasteiger partial charge in [0.25, 0.3) is 5.91 Å². The van der Waals surface area contributed by atoms with Crippen molar-refractivity contribution in [2.45, 2.75) is 25.7 Å². The molecule has 6 nitrogen and oxygen atoms in total. The summed E-state index contributed by atoms with van der Waals surface area (Å²) in [6.45, 7) is 0.651. The van der Waals surface area contributed by atoms with E-state index in [-0.39, 0.29) is 5.91 Å². The average Bonchev–Trinajstić information content (AvgIpc) is 3.44. The molecule has 0 atom stereocenters. The van der Waals surface area contributed by atoms with E-state index in [9.17, 15) is 4.79 Å². The molecular formula is C20H20N4O2S. The van der Waals surface area contributed by atoms with Crippen LogP contribution in [-0.2, 0) is 6.42 Å². The number of benzene rings is 1. The van der Waals surface area contributed by atoms with Crippen LogP contribution >= 0.6 is 11.3 Å². The van der Waals surface area contributed by atoms with Gasteiger partial charge in [-0.2, -0.15) is 4.98 Å². The summed E-state index contributed by atoms with van der Waals surface area (Å²) in [5.74, 6) is 1.26. The Kier molecular flexibility index (Phi) is 5.29. The van der Waals surface area contributed by atoms with Gasteiger partial charge in [0.15, 0.2) is 0 Å². The number of unbranched alkanes of at least 4 members (excludes halogenated alkanes) is 2. The number of carbonyl (C=O) groups excluding carboxylic acids is 1. The number of H-pyrrole nitrogens is 1. The number of hydrogen-bond acceptors (Lipinski definition) is 5. The van der Waals surface area contributed by atoms with Gasteiger partial charge in [-0.3, -0.25) is 4.79 Å². The van der Waals surface area contributed by atoms with E-state index in [0.29, 0.717) is 24.0 Å². The second-order valence-electron chi connectivity index (χ2n) is 6.33. The molecule has 0 aliphatic rings. The fraction of sp³-hybridized carbons (Fsp3) is 0.250. The van der Waals surface area contributed by atoms with Crippen molar-refractivity contribution in [1.29, 1.82) is 0 Å². The summed E-state index contributed by atoms with van der Waals surface area (Å²) < 4.78 is 5.29. The van der Waals surface area contributed by atoms with Crippen LogP contribution < -0.4 is 5.32 Å². The first kappa shape index (κ1) is 17.5. The molecule has 138 valence electrons. The Hall–Kier alpha value is -2.93. The molecule has 7 heteroatoms. The van der Waals surface area contributed by atoms with Crippen LogP contribution in [0.1, 0.15) is 35.6 Å². The van der Waals surface area contributed by atoms with Gasteiger partial charge >= 0.3 is 0 Å². The van der Waals surface area contributed by atoms with Crippen molar-refractivity contribution in [3.8, 4) is 10.7 Å². The quantitative estimate of drug-likeness (QED) is 0.443. The van der Waals surface area contributed by atoms with Crippen LogP contribution in [0.4, 0.5) is 0 Å². The molecule has 0 aliphatic heterocycles. The van der Waals surface area contributed by atoms with Crippen molar-refractivity contribution < 1.29 is 9.32 Å². The summed E-state index contributed by atoms with van der Waals surface area (Å²) >= 11 is 1.60. The minimum Gasteiger partial charge on any atom is -0.351 e. The molecule has 3 heterocycles. The minimum absolute atomic E-state index is 0.0660. The van der Waals surface area contributed by atoms with Gasteiger partial charge in [-0.05, 0) is 36.4 Å². The summed E-state index contributed by atoms with van der Waals surface area (Å²) in [6.07, 6.45) is 3.62. The molecule has 0 saturated carbocycles. The number of aromatic nitrogens is 3. The molecule has 0 unspecified atom stereocenters. The maximum absolute atomic E-state index is 12.2. The normalized spacial score (nSPS) is 11.1. The van der Waals surface area contributed by atoms with Crippen LogP contribution in [0, 0.1) is 0 Å². The van der Waals surface area contributed by atoms with E-state index in [1.54, 1.807) is 11.3 Å². The van der Waals surface area contributed by atoms with E-state index in [2.05, 4.69) is 20.4 Å². The van der Waals surface area contributed by atoms with Crippen molar-refractivity contribution >= 4 is 28.1 Å². The second-order valence-corrected chi connectivity index (χ2v) is 7.27. The van der Waals surface area contributed by atoms with Gasteiger partial charge in [0.05, 0.1) is 4.88 Å². The zero-order valence-corrected chi connectivity index (χ0v) is 15.6. The molecular weight excluding hydrogens is 360 g/mol. The van der Waals surface area contributed by atoms with Crippen molar-refractivity contribution in [2.75, 3.05) is 6.54 Å². The number of para-hydroxylation sites is 1. The highest BCUT2D eigenvalue weighted by Gasteiger charge is 2.10. The number of amides is 1. The first-order chi connectivity index (χ1) is 13.3. The number of nitrogens with one attached hydrogen (secondary N) is 2. The smallest absolute Gasteiger partial charge is 0.267 e. The van der Waals surface area contributed by atoms with Gasteiger partial charge in [-0.1, -0.05) is 35.8 Å². The van der Waals surface area contributed by atoms with Crippen molar-refractivity contribution in [3.05, 3.63) is 59.4 Å². The third-order valence-electron chi connectivity index (χ3n) is 4.34. The zero-order chi connectivity index (χ0) is 18.5. The van der Waals surface area contributed by atoms with Crippen LogP contribution in [-0.4, -0.2) is 27.6 Å². The molecule has 4 rings (SSSR count). The number of fused-ring (bicyclic) bond motifs is 1. The van der Waals surface area contributed by atoms with Gasteiger partial charge < -0.3 is 14.8 Å². The van der Waals surface area contributed by atoms with Gasteiger partial charge in [0, 0.05) is 23.9 Å². The lowest BCUT2D eigenvalue weighted by Crippen LogP contribution is -2.24. The predicted octanol–water partition coefficient (Wildman–Crippen LogP) is 4.42. The first-order valence-electron chi connectivity index (χ1n) is 9.02. The summed E-state index contributed by atoms with van der Waals surface area (Å²) in [5.41, 5.74) is 1.58. The molecule has 0 spiro atoms. The van der Waals surface area contributed by atoms with Gasteiger partial charge in [-0.15, -0.1) is 11.3 Å². The van der Waals surface area contributed by atoms with Gasteiger partial charge in [-0.25, -0.2) is 0 Å². The third kappa shape index (κ3) is 4.25. The topological polar surface area (TPSA) is 83.8 Å². The van der Waals surface area contributed by atoms with Crippen molar-refractivity contribution in [2.24, 2.45) is 0 Å². The molecule has 4 aromatic rings. The second kappa shape index (κ2) is 8.18. The number of aromatic amines is 1. The fourth-order valence-electron chi connectivity index (χ4n) is 2.93. The van der Waals surface area contributed by atoms with E-state index < -0.39 is 0 Å². The number of hydrogen-bond donors (Lipinski definition) is 2. The molecule has 0 saturated heterocycles. The SMILES string of the molecule is O=C(NCCCCCc1nc(-c2cccs2)no1)c1cc2ccccc2[nH]1. The molecule has 0 fully saturated rings. The maximum atomic E-state index is 12.2. The molecule has 1 amide bonds. The predicted molar refractivity (Wildman–Crippen MR) is 106 cm³/mol. The number of rotatable bonds is 8. The van der Waals surface area contributed by atoms with E-state index in [4.69, 9.17) is 4.52 Å². The van der Waals surface area contributed by atoms with Crippen LogP contribution in [0.2, 0.25) is 0 Å². The summed E-state index contributed by atoms with van der Waals surface area (Å²) in [5, 5.41) is 10.0. The maximum Gasteiger partial charge on any atom is 0.267 e. The van der Waals surface area contributed by atoms with E-state index in [0.717, 1.165) is 41.5 Å². The largest absolute Gasteiger partial charge is 0.351 e. The first-order valence-corrected chi connectivity index (χ1v) is 9.90. The Morgan fingerprint density at radius 3 is 2.93 bits per heavy atom. The van der Waals surface area contributed by atoms with Crippen LogP contribution in [0.5, 0.6) is 0 Å². The molecule has 0 bridgehead atoms. The lowest BCUT2D eigenvalue weighted by Gasteiger charge is -2.03. The Balaban J connectivity index is 1.17. The third-order valence-corrected chi connectivity index (χ3v) is 5.20. The molecule has 3 aromatic heterocycles. The zero-order valence-electron chi connectivity index (χ0n) is 14.8. The van der Waals surface area contributed by atoms with Crippen LogP contribution in [0.15, 0.2) is 52.4 Å². The number of aryl methyl sites for hydroxylation is 1. The minimum atomic E-state index is -0.0660. The Labute approximate surface area is 160 Å². The highest BCUT2D eigenvalue weighted by atomic mass is 32.1. The molecule has 1 aromatic carbocycles. The van der Waals surface area contributed by atoms with Gasteiger partial charge in [0.1, 0.15) is 5.69 Å². The summed E-state index contributed by atoms with van der Waals surface area (Å²) in [6, 6.07) is 13.7. The molecule has 2 N–H and O–H groups in total. The monoisotopic (exact) mass is 380 g/mol. The Bertz CT molecular complexity index is 987. The highest BCUT2D eigenvalue weighted by Crippen LogP contribution is 2.21. The lowest BCUT2D eigenvalue weighted by atomic mass is 10.2. The Morgan fingerprint density at radius 2 is 2.07 bits per heavy atom. The van der Waals surface area contributed by atoms with Crippen molar-refractivity contribution in [3.63, 3.8) is 0 Å². The number of nitrogens with zero attached hydrogens (tertiary/aromatic N) is 2. The van der Waals surface area contributed by atoms with E-state index in [1.165, 1.54) is 0 Å². The molecule has 0 radical (unpaired) electrons. The van der Waals surface area contributed by atoms with Crippen molar-refractivity contribution in [1.82, 2.24) is 20.4 Å². The molecule has 0 aliphatic carbocycles. The fourth-order valence-corrected chi connectivity index (χ4v) is 3.58. The standard InChI is InChI=1S/C20H20N4O2S/c25-20(16-13-14-7-3-4-8-15(14)22-16)21-11-5-1-2-10-18-23-19(24-26-18)17-9-6-12-27-17/h3-4,6-9,12-13,22H,1-2,5,10-11H2,(H,21,25). The number of thiophene rings is 1.